The first-order chi connectivity index (χ1) is 25.3. The predicted octanol–water partition coefficient (Wildman–Crippen LogP) is 12.3. The van der Waals surface area contributed by atoms with Crippen molar-refractivity contribution >= 4 is 33.2 Å². The third-order valence-electron chi connectivity index (χ3n) is 11.0. The quantitative estimate of drug-likeness (QED) is 0.177. The second-order valence-electron chi connectivity index (χ2n) is 13.9. The molecule has 0 radical (unpaired) electrons. The Balaban J connectivity index is 1.22. The molecule has 4 aliphatic rings. The van der Waals surface area contributed by atoms with E-state index in [4.69, 9.17) is 4.74 Å². The number of allylic oxidation sites excluding steroid dienone is 10. The lowest BCUT2D eigenvalue weighted by molar-refractivity contribution is 0.264. The SMILES string of the molecule is C1=CCC(c2ccccc2N(C2=CC=CC3Oc4ccccc4C23)c2ccc3c(c2)c2cc(-c4ccccc4)ccc2n3C2C=CC=CC2)C=C1. The minimum absolute atomic E-state index is 0.0557. The monoisotopic (exact) mass is 658 g/mol. The summed E-state index contributed by atoms with van der Waals surface area (Å²) in [6, 6.07) is 42.7. The number of nitrogens with zero attached hydrogens (tertiary/aromatic N) is 2. The van der Waals surface area contributed by atoms with Crippen LogP contribution < -0.4 is 9.64 Å². The Morgan fingerprint density at radius 1 is 0.588 bits per heavy atom. The van der Waals surface area contributed by atoms with Crippen LogP contribution in [-0.2, 0) is 0 Å². The van der Waals surface area contributed by atoms with Crippen LogP contribution in [0.15, 0.2) is 188 Å². The molecule has 3 nitrogen and oxygen atoms in total. The average Bonchev–Trinajstić information content (AvgIpc) is 3.75. The molecule has 1 aliphatic heterocycles. The minimum atomic E-state index is -0.0557. The van der Waals surface area contributed by atoms with Gasteiger partial charge < -0.3 is 14.2 Å². The number of ether oxygens (including phenoxy) is 1. The van der Waals surface area contributed by atoms with E-state index < -0.39 is 0 Å². The van der Waals surface area contributed by atoms with Gasteiger partial charge in [0.1, 0.15) is 11.9 Å². The molecule has 0 N–H and O–H groups in total. The summed E-state index contributed by atoms with van der Waals surface area (Å²) in [5, 5.41) is 2.53. The van der Waals surface area contributed by atoms with Gasteiger partial charge in [-0.3, -0.25) is 0 Å². The first-order valence-electron chi connectivity index (χ1n) is 18.1. The summed E-state index contributed by atoms with van der Waals surface area (Å²) in [4.78, 5) is 2.53. The standard InChI is InChI=1S/C48H38N2O/c1-4-15-33(16-5-1)35-27-29-43-40(31-35)41-32-37(28-30-44(41)49(43)36-19-8-3-9-20-36)50(42-23-12-10-21-38(42)34-17-6-2-7-18-34)45-24-14-26-47-48(45)39-22-11-13-25-46(39)51-47/h1-17,19,21-32,34,36,47-48H,18,20H2. The van der Waals surface area contributed by atoms with Gasteiger partial charge in [0.05, 0.1) is 12.0 Å². The Labute approximate surface area is 299 Å². The van der Waals surface area contributed by atoms with Crippen LogP contribution in [-0.4, -0.2) is 10.7 Å². The molecule has 51 heavy (non-hydrogen) atoms. The second kappa shape index (κ2) is 12.4. The van der Waals surface area contributed by atoms with E-state index in [1.807, 2.05) is 0 Å². The fourth-order valence-electron chi connectivity index (χ4n) is 8.65. The average molecular weight is 659 g/mol. The van der Waals surface area contributed by atoms with E-state index in [0.29, 0.717) is 5.92 Å². The van der Waals surface area contributed by atoms with Crippen LogP contribution in [0, 0.1) is 0 Å². The number of anilines is 2. The summed E-state index contributed by atoms with van der Waals surface area (Å²) < 4.78 is 9.12. The van der Waals surface area contributed by atoms with Gasteiger partial charge in [0.2, 0.25) is 0 Å². The molecule has 0 bridgehead atoms. The van der Waals surface area contributed by atoms with Gasteiger partial charge in [0.15, 0.2) is 0 Å². The minimum Gasteiger partial charge on any atom is -0.485 e. The van der Waals surface area contributed by atoms with Gasteiger partial charge >= 0.3 is 0 Å². The van der Waals surface area contributed by atoms with Gasteiger partial charge in [-0.25, -0.2) is 0 Å². The van der Waals surface area contributed by atoms with Gasteiger partial charge in [-0.2, -0.15) is 0 Å². The molecule has 3 heteroatoms. The third-order valence-corrected chi connectivity index (χ3v) is 11.0. The Morgan fingerprint density at radius 3 is 2.16 bits per heavy atom. The third kappa shape index (κ3) is 5.03. The van der Waals surface area contributed by atoms with Crippen molar-refractivity contribution in [1.82, 2.24) is 4.57 Å². The number of hydrogen-bond acceptors (Lipinski definition) is 2. The highest BCUT2D eigenvalue weighted by molar-refractivity contribution is 6.11. The predicted molar refractivity (Wildman–Crippen MR) is 212 cm³/mol. The van der Waals surface area contributed by atoms with Crippen molar-refractivity contribution in [1.29, 1.82) is 0 Å². The zero-order valence-electron chi connectivity index (χ0n) is 28.3. The number of aromatic nitrogens is 1. The molecule has 0 fully saturated rings. The maximum atomic E-state index is 6.57. The molecule has 246 valence electrons. The molecule has 10 rings (SSSR count). The Morgan fingerprint density at radius 2 is 1.33 bits per heavy atom. The number of hydrogen-bond donors (Lipinski definition) is 0. The van der Waals surface area contributed by atoms with E-state index in [2.05, 4.69) is 192 Å². The molecule has 1 aromatic heterocycles. The highest BCUT2D eigenvalue weighted by atomic mass is 16.5. The Bertz CT molecular complexity index is 2490. The van der Waals surface area contributed by atoms with Gasteiger partial charge in [0, 0.05) is 50.4 Å². The van der Waals surface area contributed by atoms with Crippen molar-refractivity contribution < 1.29 is 4.74 Å². The maximum Gasteiger partial charge on any atom is 0.130 e. The van der Waals surface area contributed by atoms with Crippen molar-refractivity contribution in [2.45, 2.75) is 36.8 Å². The van der Waals surface area contributed by atoms with Crippen LogP contribution in [0.2, 0.25) is 0 Å². The normalized spacial score (nSPS) is 21.5. The molecular formula is C48H38N2O. The largest absolute Gasteiger partial charge is 0.485 e. The molecule has 0 spiro atoms. The summed E-state index contributed by atoms with van der Waals surface area (Å²) in [6.45, 7) is 0. The number of para-hydroxylation sites is 2. The van der Waals surface area contributed by atoms with Crippen molar-refractivity contribution in [3.8, 4) is 16.9 Å². The smallest absolute Gasteiger partial charge is 0.130 e. The zero-order chi connectivity index (χ0) is 33.7. The number of benzene rings is 5. The first-order valence-corrected chi connectivity index (χ1v) is 18.1. The molecule has 4 unspecified atom stereocenters. The molecular weight excluding hydrogens is 621 g/mol. The van der Waals surface area contributed by atoms with Crippen molar-refractivity contribution in [3.05, 3.63) is 199 Å². The van der Waals surface area contributed by atoms with E-state index >= 15 is 0 Å². The lowest BCUT2D eigenvalue weighted by atomic mass is 9.86. The second-order valence-corrected chi connectivity index (χ2v) is 13.9. The highest BCUT2D eigenvalue weighted by Gasteiger charge is 2.40. The van der Waals surface area contributed by atoms with Crippen LogP contribution in [0.5, 0.6) is 5.75 Å². The van der Waals surface area contributed by atoms with E-state index in [1.165, 1.54) is 55.4 Å². The van der Waals surface area contributed by atoms with E-state index in [0.717, 1.165) is 24.3 Å². The van der Waals surface area contributed by atoms with Crippen LogP contribution in [0.1, 0.15) is 41.8 Å². The molecule has 5 aromatic carbocycles. The molecule has 6 aromatic rings. The lowest BCUT2D eigenvalue weighted by Gasteiger charge is -2.36. The summed E-state index contributed by atoms with van der Waals surface area (Å²) in [6.07, 6.45) is 26.5. The van der Waals surface area contributed by atoms with Crippen molar-refractivity contribution in [2.75, 3.05) is 4.90 Å². The first kappa shape index (κ1) is 29.8. The molecule has 0 amide bonds. The summed E-state index contributed by atoms with van der Waals surface area (Å²) in [5.41, 5.74) is 11.1. The summed E-state index contributed by atoms with van der Waals surface area (Å²) >= 11 is 0. The molecule has 4 atom stereocenters. The van der Waals surface area contributed by atoms with Gasteiger partial charge in [0.25, 0.3) is 0 Å². The topological polar surface area (TPSA) is 17.4 Å². The van der Waals surface area contributed by atoms with E-state index in [1.54, 1.807) is 0 Å². The number of rotatable bonds is 6. The van der Waals surface area contributed by atoms with Gasteiger partial charge in [-0.05, 0) is 84.1 Å². The van der Waals surface area contributed by atoms with Crippen LogP contribution in [0.25, 0.3) is 32.9 Å². The fourth-order valence-corrected chi connectivity index (χ4v) is 8.65. The van der Waals surface area contributed by atoms with Crippen molar-refractivity contribution in [3.63, 3.8) is 0 Å². The van der Waals surface area contributed by atoms with Crippen LogP contribution in [0.3, 0.4) is 0 Å². The van der Waals surface area contributed by atoms with E-state index in [-0.39, 0.29) is 18.1 Å². The maximum absolute atomic E-state index is 6.57. The number of fused-ring (bicyclic) bond motifs is 6. The lowest BCUT2D eigenvalue weighted by Crippen LogP contribution is -2.30. The molecule has 3 aliphatic carbocycles. The Hall–Kier alpha value is -6.06. The van der Waals surface area contributed by atoms with Gasteiger partial charge in [-0.15, -0.1) is 0 Å². The van der Waals surface area contributed by atoms with Gasteiger partial charge in [-0.1, -0.05) is 127 Å². The van der Waals surface area contributed by atoms with Crippen LogP contribution >= 0.6 is 0 Å². The zero-order valence-corrected chi connectivity index (χ0v) is 28.3. The summed E-state index contributed by atoms with van der Waals surface area (Å²) in [7, 11) is 0. The molecule has 2 heterocycles. The highest BCUT2D eigenvalue weighted by Crippen LogP contribution is 2.50. The summed E-state index contributed by atoms with van der Waals surface area (Å²) in [5.74, 6) is 1.34. The van der Waals surface area contributed by atoms with Crippen LogP contribution in [0.4, 0.5) is 11.4 Å². The fraction of sp³-hybridized carbons (Fsp3) is 0.125. The Kier molecular flexibility index (Phi) is 7.23. The van der Waals surface area contributed by atoms with Crippen molar-refractivity contribution in [2.24, 2.45) is 0 Å². The molecule has 0 saturated carbocycles. The van der Waals surface area contributed by atoms with E-state index in [9.17, 15) is 0 Å². The molecule has 0 saturated heterocycles.